The van der Waals surface area contributed by atoms with E-state index in [4.69, 9.17) is 5.11 Å². The molecule has 0 bridgehead atoms. The summed E-state index contributed by atoms with van der Waals surface area (Å²) in [5, 5.41) is 8.86. The van der Waals surface area contributed by atoms with Crippen molar-refractivity contribution in [1.82, 2.24) is 14.5 Å². The number of aliphatic hydroxyl groups is 1. The van der Waals surface area contributed by atoms with Crippen LogP contribution < -0.4 is 0 Å². The number of hydrogen-bond acceptors (Lipinski definition) is 3. The SMILES string of the molecule is O=C(Cn1cnc(CO)c1)N1CCCCC1. The molecule has 0 atom stereocenters. The number of aliphatic hydroxyl groups excluding tert-OH is 1. The lowest BCUT2D eigenvalue weighted by molar-refractivity contribution is -0.132. The van der Waals surface area contributed by atoms with Crippen LogP contribution in [0.1, 0.15) is 25.0 Å². The zero-order valence-corrected chi connectivity index (χ0v) is 9.30. The minimum absolute atomic E-state index is 0.0785. The third kappa shape index (κ3) is 2.61. The number of likely N-dealkylation sites (tertiary alicyclic amines) is 1. The van der Waals surface area contributed by atoms with Crippen molar-refractivity contribution in [2.45, 2.75) is 32.4 Å². The number of nitrogens with zero attached hydrogens (tertiary/aromatic N) is 3. The Bertz CT molecular complexity index is 356. The standard InChI is InChI=1S/C11H17N3O2/c15-8-10-6-13(9-12-10)7-11(16)14-4-2-1-3-5-14/h6,9,15H,1-5,7-8H2. The third-order valence-corrected chi connectivity index (χ3v) is 2.88. The number of rotatable bonds is 3. The van der Waals surface area contributed by atoms with E-state index in [1.165, 1.54) is 6.42 Å². The second kappa shape index (κ2) is 5.12. The molecule has 0 radical (unpaired) electrons. The normalized spacial score (nSPS) is 16.4. The predicted octanol–water partition coefficient (Wildman–Crippen LogP) is 0.388. The largest absolute Gasteiger partial charge is 0.390 e. The lowest BCUT2D eigenvalue weighted by atomic mass is 10.1. The minimum atomic E-state index is -0.0785. The van der Waals surface area contributed by atoms with E-state index in [-0.39, 0.29) is 12.5 Å². The molecule has 0 unspecified atom stereocenters. The molecule has 5 nitrogen and oxygen atoms in total. The number of aromatic nitrogens is 2. The van der Waals surface area contributed by atoms with Gasteiger partial charge in [0, 0.05) is 19.3 Å². The molecule has 1 aromatic heterocycles. The van der Waals surface area contributed by atoms with E-state index in [1.807, 2.05) is 4.90 Å². The van der Waals surface area contributed by atoms with Gasteiger partial charge < -0.3 is 14.6 Å². The van der Waals surface area contributed by atoms with E-state index >= 15 is 0 Å². The molecule has 1 saturated heterocycles. The summed E-state index contributed by atoms with van der Waals surface area (Å²) in [4.78, 5) is 17.8. The van der Waals surface area contributed by atoms with Crippen LogP contribution >= 0.6 is 0 Å². The molecule has 0 spiro atoms. The van der Waals surface area contributed by atoms with Crippen LogP contribution in [0.2, 0.25) is 0 Å². The second-order valence-electron chi connectivity index (χ2n) is 4.14. The van der Waals surface area contributed by atoms with Crippen LogP contribution in [0.5, 0.6) is 0 Å². The van der Waals surface area contributed by atoms with Gasteiger partial charge >= 0.3 is 0 Å². The molecular formula is C11H17N3O2. The van der Waals surface area contributed by atoms with E-state index in [9.17, 15) is 4.79 Å². The minimum Gasteiger partial charge on any atom is -0.390 e. The van der Waals surface area contributed by atoms with Crippen LogP contribution in [0.15, 0.2) is 12.5 Å². The second-order valence-corrected chi connectivity index (χ2v) is 4.14. The Kier molecular flexibility index (Phi) is 3.56. The summed E-state index contributed by atoms with van der Waals surface area (Å²) < 4.78 is 1.72. The Morgan fingerprint density at radius 1 is 1.38 bits per heavy atom. The van der Waals surface area contributed by atoms with Gasteiger partial charge in [-0.3, -0.25) is 4.79 Å². The van der Waals surface area contributed by atoms with Gasteiger partial charge in [-0.15, -0.1) is 0 Å². The van der Waals surface area contributed by atoms with Gasteiger partial charge in [-0.05, 0) is 19.3 Å². The van der Waals surface area contributed by atoms with Crippen molar-refractivity contribution in [2.75, 3.05) is 13.1 Å². The Hall–Kier alpha value is -1.36. The molecule has 1 aromatic rings. The average Bonchev–Trinajstić information content (AvgIpc) is 2.78. The zero-order valence-electron chi connectivity index (χ0n) is 9.30. The Morgan fingerprint density at radius 2 is 2.12 bits per heavy atom. The highest BCUT2D eigenvalue weighted by Gasteiger charge is 2.16. The maximum absolute atomic E-state index is 11.9. The number of carbonyl (C=O) groups excluding carboxylic acids is 1. The van der Waals surface area contributed by atoms with Crippen molar-refractivity contribution < 1.29 is 9.90 Å². The molecule has 2 heterocycles. The molecular weight excluding hydrogens is 206 g/mol. The first-order chi connectivity index (χ1) is 7.79. The van der Waals surface area contributed by atoms with Gasteiger partial charge in [-0.1, -0.05) is 0 Å². The first-order valence-electron chi connectivity index (χ1n) is 5.69. The quantitative estimate of drug-likeness (QED) is 0.806. The first-order valence-corrected chi connectivity index (χ1v) is 5.69. The number of piperidine rings is 1. The van der Waals surface area contributed by atoms with E-state index in [0.29, 0.717) is 12.2 Å². The first kappa shape index (κ1) is 11.1. The molecule has 16 heavy (non-hydrogen) atoms. The maximum atomic E-state index is 11.9. The topological polar surface area (TPSA) is 58.4 Å². The Morgan fingerprint density at radius 3 is 2.75 bits per heavy atom. The van der Waals surface area contributed by atoms with Crippen LogP contribution in [-0.2, 0) is 17.9 Å². The monoisotopic (exact) mass is 223 g/mol. The van der Waals surface area contributed by atoms with Gasteiger partial charge in [0.1, 0.15) is 6.54 Å². The van der Waals surface area contributed by atoms with Crippen molar-refractivity contribution in [1.29, 1.82) is 0 Å². The highest BCUT2D eigenvalue weighted by Crippen LogP contribution is 2.09. The van der Waals surface area contributed by atoms with Gasteiger partial charge in [0.15, 0.2) is 0 Å². The van der Waals surface area contributed by atoms with Gasteiger partial charge in [-0.2, -0.15) is 0 Å². The van der Waals surface area contributed by atoms with Crippen molar-refractivity contribution >= 4 is 5.91 Å². The fourth-order valence-electron chi connectivity index (χ4n) is 1.97. The smallest absolute Gasteiger partial charge is 0.242 e. The van der Waals surface area contributed by atoms with E-state index in [2.05, 4.69) is 4.98 Å². The van der Waals surface area contributed by atoms with Crippen LogP contribution in [0.25, 0.3) is 0 Å². The van der Waals surface area contributed by atoms with Crippen LogP contribution in [0.3, 0.4) is 0 Å². The molecule has 1 aliphatic rings. The van der Waals surface area contributed by atoms with Crippen molar-refractivity contribution in [2.24, 2.45) is 0 Å². The van der Waals surface area contributed by atoms with E-state index in [0.717, 1.165) is 25.9 Å². The fourth-order valence-corrected chi connectivity index (χ4v) is 1.97. The molecule has 1 fully saturated rings. The highest BCUT2D eigenvalue weighted by atomic mass is 16.3. The van der Waals surface area contributed by atoms with Crippen molar-refractivity contribution in [3.8, 4) is 0 Å². The molecule has 0 aliphatic carbocycles. The fraction of sp³-hybridized carbons (Fsp3) is 0.636. The third-order valence-electron chi connectivity index (χ3n) is 2.88. The van der Waals surface area contributed by atoms with Gasteiger partial charge in [0.25, 0.3) is 0 Å². The molecule has 2 rings (SSSR count). The zero-order chi connectivity index (χ0) is 11.4. The van der Waals surface area contributed by atoms with Gasteiger partial charge in [0.05, 0.1) is 18.6 Å². The van der Waals surface area contributed by atoms with Gasteiger partial charge in [-0.25, -0.2) is 4.98 Å². The van der Waals surface area contributed by atoms with E-state index < -0.39 is 0 Å². The molecule has 5 heteroatoms. The summed E-state index contributed by atoms with van der Waals surface area (Å²) >= 11 is 0. The Labute approximate surface area is 94.7 Å². The van der Waals surface area contributed by atoms with Crippen molar-refractivity contribution in [3.63, 3.8) is 0 Å². The highest BCUT2D eigenvalue weighted by molar-refractivity contribution is 5.76. The molecule has 1 N–H and O–H groups in total. The lowest BCUT2D eigenvalue weighted by Crippen LogP contribution is -2.37. The number of imidazole rings is 1. The predicted molar refractivity (Wildman–Crippen MR) is 58.6 cm³/mol. The number of carbonyl (C=O) groups is 1. The number of hydrogen-bond donors (Lipinski definition) is 1. The van der Waals surface area contributed by atoms with E-state index in [1.54, 1.807) is 17.1 Å². The Balaban J connectivity index is 1.90. The maximum Gasteiger partial charge on any atom is 0.242 e. The average molecular weight is 223 g/mol. The summed E-state index contributed by atoms with van der Waals surface area (Å²) in [6, 6.07) is 0. The molecule has 88 valence electrons. The van der Waals surface area contributed by atoms with Crippen molar-refractivity contribution in [3.05, 3.63) is 18.2 Å². The lowest BCUT2D eigenvalue weighted by Gasteiger charge is -2.26. The van der Waals surface area contributed by atoms with Gasteiger partial charge in [0.2, 0.25) is 5.91 Å². The molecule has 0 aromatic carbocycles. The molecule has 1 amide bonds. The molecule has 0 saturated carbocycles. The summed E-state index contributed by atoms with van der Waals surface area (Å²) in [6.07, 6.45) is 6.74. The molecule has 1 aliphatic heterocycles. The summed E-state index contributed by atoms with van der Waals surface area (Å²) in [5.41, 5.74) is 0.603. The summed E-state index contributed by atoms with van der Waals surface area (Å²) in [6.45, 7) is 2.00. The van der Waals surface area contributed by atoms with Crippen LogP contribution in [0.4, 0.5) is 0 Å². The van der Waals surface area contributed by atoms with Crippen LogP contribution in [0, 0.1) is 0 Å². The summed E-state index contributed by atoms with van der Waals surface area (Å²) in [5.74, 6) is 0.140. The van der Waals surface area contributed by atoms with Crippen LogP contribution in [-0.4, -0.2) is 38.6 Å². The summed E-state index contributed by atoms with van der Waals surface area (Å²) in [7, 11) is 0. The number of amides is 1.